The van der Waals surface area contributed by atoms with E-state index < -0.39 is 0 Å². The molecular weight excluding hydrogens is 138 g/mol. The summed E-state index contributed by atoms with van der Waals surface area (Å²) in [6, 6.07) is 0.727. The van der Waals surface area contributed by atoms with E-state index in [9.17, 15) is 0 Å². The highest BCUT2D eigenvalue weighted by molar-refractivity contribution is 4.93. The van der Waals surface area contributed by atoms with Gasteiger partial charge in [0, 0.05) is 11.5 Å². The third-order valence-corrected chi connectivity index (χ3v) is 3.02. The maximum absolute atomic E-state index is 5.25. The van der Waals surface area contributed by atoms with Crippen LogP contribution >= 0.6 is 0 Å². The number of nitrogens with one attached hydrogen (secondary N) is 1. The van der Waals surface area contributed by atoms with Gasteiger partial charge in [-0.25, -0.2) is 0 Å². The van der Waals surface area contributed by atoms with E-state index in [2.05, 4.69) is 12.2 Å². The van der Waals surface area contributed by atoms with Crippen LogP contribution in [0.25, 0.3) is 0 Å². The third-order valence-electron chi connectivity index (χ3n) is 3.02. The molecule has 11 heavy (non-hydrogen) atoms. The first-order valence-corrected chi connectivity index (χ1v) is 4.62. The Morgan fingerprint density at radius 2 is 2.18 bits per heavy atom. The average molecular weight is 155 g/mol. The van der Waals surface area contributed by atoms with E-state index in [1.807, 2.05) is 0 Å². The molecule has 0 bridgehead atoms. The van der Waals surface area contributed by atoms with Crippen LogP contribution in [0.4, 0.5) is 0 Å². The molecule has 0 aromatic carbocycles. The Bertz CT molecular complexity index is 136. The summed E-state index contributed by atoms with van der Waals surface area (Å²) in [6.07, 6.45) is 4.10. The summed E-state index contributed by atoms with van der Waals surface area (Å²) in [5.74, 6) is 0. The van der Waals surface area contributed by atoms with Crippen LogP contribution in [0.1, 0.15) is 26.2 Å². The molecule has 2 heterocycles. The molecule has 0 amide bonds. The minimum absolute atomic E-state index is 0.459. The Labute approximate surface area is 68.3 Å². The smallest absolute Gasteiger partial charge is 0.0557 e. The average Bonchev–Trinajstić information content (AvgIpc) is 2.02. The molecule has 0 aromatic heterocycles. The SMILES string of the molecule is CC1(C2CCCCN2)COC1. The number of hydrogen-bond donors (Lipinski definition) is 1. The molecular formula is C9H17NO. The first-order chi connectivity index (χ1) is 5.31. The molecule has 0 aromatic rings. The molecule has 2 heteroatoms. The van der Waals surface area contributed by atoms with Crippen molar-refractivity contribution in [3.05, 3.63) is 0 Å². The fourth-order valence-corrected chi connectivity index (χ4v) is 2.07. The highest BCUT2D eigenvalue weighted by atomic mass is 16.5. The lowest BCUT2D eigenvalue weighted by molar-refractivity contribution is -0.124. The van der Waals surface area contributed by atoms with Gasteiger partial charge >= 0.3 is 0 Å². The van der Waals surface area contributed by atoms with E-state index in [4.69, 9.17) is 4.74 Å². The quantitative estimate of drug-likeness (QED) is 0.613. The van der Waals surface area contributed by atoms with Crippen LogP contribution in [0, 0.1) is 5.41 Å². The van der Waals surface area contributed by atoms with E-state index >= 15 is 0 Å². The second-order valence-electron chi connectivity index (χ2n) is 4.15. The zero-order valence-electron chi connectivity index (χ0n) is 7.23. The molecule has 2 fully saturated rings. The molecule has 1 unspecified atom stereocenters. The minimum atomic E-state index is 0.459. The highest BCUT2D eigenvalue weighted by Gasteiger charge is 2.41. The second kappa shape index (κ2) is 2.76. The Hall–Kier alpha value is -0.0800. The van der Waals surface area contributed by atoms with E-state index in [1.54, 1.807) is 0 Å². The first-order valence-electron chi connectivity index (χ1n) is 4.62. The van der Waals surface area contributed by atoms with Crippen LogP contribution in [-0.2, 0) is 4.74 Å². The predicted octanol–water partition coefficient (Wildman–Crippen LogP) is 1.17. The summed E-state index contributed by atoms with van der Waals surface area (Å²) in [4.78, 5) is 0. The molecule has 2 aliphatic rings. The highest BCUT2D eigenvalue weighted by Crippen LogP contribution is 2.34. The van der Waals surface area contributed by atoms with Crippen molar-refractivity contribution < 1.29 is 4.74 Å². The first kappa shape index (κ1) is 7.56. The minimum Gasteiger partial charge on any atom is -0.380 e. The van der Waals surface area contributed by atoms with Crippen LogP contribution in [0.2, 0.25) is 0 Å². The maximum atomic E-state index is 5.25. The van der Waals surface area contributed by atoms with Gasteiger partial charge in [0.15, 0.2) is 0 Å². The van der Waals surface area contributed by atoms with Crippen LogP contribution in [0.5, 0.6) is 0 Å². The van der Waals surface area contributed by atoms with Gasteiger partial charge in [-0.2, -0.15) is 0 Å². The van der Waals surface area contributed by atoms with Crippen molar-refractivity contribution in [2.45, 2.75) is 32.2 Å². The molecule has 1 N–H and O–H groups in total. The normalized spacial score (nSPS) is 36.3. The zero-order chi connectivity index (χ0) is 7.73. The van der Waals surface area contributed by atoms with Crippen molar-refractivity contribution in [2.75, 3.05) is 19.8 Å². The zero-order valence-corrected chi connectivity index (χ0v) is 7.23. The fourth-order valence-electron chi connectivity index (χ4n) is 2.07. The van der Waals surface area contributed by atoms with Gasteiger partial charge in [0.2, 0.25) is 0 Å². The van der Waals surface area contributed by atoms with E-state index in [0.29, 0.717) is 5.41 Å². The van der Waals surface area contributed by atoms with Gasteiger partial charge in [-0.05, 0) is 19.4 Å². The summed E-state index contributed by atoms with van der Waals surface area (Å²) >= 11 is 0. The molecule has 2 nitrogen and oxygen atoms in total. The standard InChI is InChI=1S/C9H17NO/c1-9(6-11-7-9)8-4-2-3-5-10-8/h8,10H,2-7H2,1H3. The van der Waals surface area contributed by atoms with Crippen LogP contribution < -0.4 is 5.32 Å². The fraction of sp³-hybridized carbons (Fsp3) is 1.00. The largest absolute Gasteiger partial charge is 0.380 e. The lowest BCUT2D eigenvalue weighted by Crippen LogP contribution is -2.56. The maximum Gasteiger partial charge on any atom is 0.0557 e. The van der Waals surface area contributed by atoms with Gasteiger partial charge in [0.05, 0.1) is 13.2 Å². The van der Waals surface area contributed by atoms with Gasteiger partial charge in [-0.15, -0.1) is 0 Å². The summed E-state index contributed by atoms with van der Waals surface area (Å²) in [6.45, 7) is 5.47. The molecule has 64 valence electrons. The number of ether oxygens (including phenoxy) is 1. The summed E-state index contributed by atoms with van der Waals surface area (Å²) in [7, 11) is 0. The van der Waals surface area contributed by atoms with E-state index in [-0.39, 0.29) is 0 Å². The lowest BCUT2D eigenvalue weighted by Gasteiger charge is -2.46. The molecule has 2 rings (SSSR count). The molecule has 2 aliphatic heterocycles. The van der Waals surface area contributed by atoms with Crippen LogP contribution in [0.15, 0.2) is 0 Å². The molecule has 1 atom stereocenters. The molecule has 0 radical (unpaired) electrons. The van der Waals surface area contributed by atoms with Crippen molar-refractivity contribution in [1.29, 1.82) is 0 Å². The molecule has 2 saturated heterocycles. The number of piperidine rings is 1. The lowest BCUT2D eigenvalue weighted by atomic mass is 9.77. The van der Waals surface area contributed by atoms with Crippen molar-refractivity contribution >= 4 is 0 Å². The van der Waals surface area contributed by atoms with Crippen LogP contribution in [0.3, 0.4) is 0 Å². The predicted molar refractivity (Wildman–Crippen MR) is 44.6 cm³/mol. The topological polar surface area (TPSA) is 21.3 Å². The Morgan fingerprint density at radius 3 is 2.64 bits per heavy atom. The van der Waals surface area contributed by atoms with E-state index in [1.165, 1.54) is 25.8 Å². The van der Waals surface area contributed by atoms with Crippen molar-refractivity contribution in [1.82, 2.24) is 5.32 Å². The van der Waals surface area contributed by atoms with Crippen LogP contribution in [-0.4, -0.2) is 25.8 Å². The molecule has 0 saturated carbocycles. The summed E-state index contributed by atoms with van der Waals surface area (Å²) < 4.78 is 5.25. The summed E-state index contributed by atoms with van der Waals surface area (Å²) in [5, 5.41) is 3.58. The van der Waals surface area contributed by atoms with Crippen molar-refractivity contribution in [2.24, 2.45) is 5.41 Å². The molecule has 0 aliphatic carbocycles. The summed E-state index contributed by atoms with van der Waals surface area (Å²) in [5.41, 5.74) is 0.459. The van der Waals surface area contributed by atoms with Gasteiger partial charge in [-0.1, -0.05) is 13.3 Å². The Balaban J connectivity index is 1.91. The third kappa shape index (κ3) is 1.30. The Kier molecular flexibility index (Phi) is 1.90. The molecule has 0 spiro atoms. The van der Waals surface area contributed by atoms with Gasteiger partial charge in [-0.3, -0.25) is 0 Å². The van der Waals surface area contributed by atoms with Gasteiger partial charge in [0.25, 0.3) is 0 Å². The van der Waals surface area contributed by atoms with Crippen molar-refractivity contribution in [3.8, 4) is 0 Å². The van der Waals surface area contributed by atoms with Crippen molar-refractivity contribution in [3.63, 3.8) is 0 Å². The number of rotatable bonds is 1. The van der Waals surface area contributed by atoms with Gasteiger partial charge in [0.1, 0.15) is 0 Å². The van der Waals surface area contributed by atoms with E-state index in [0.717, 1.165) is 19.3 Å². The second-order valence-corrected chi connectivity index (χ2v) is 4.15. The van der Waals surface area contributed by atoms with Gasteiger partial charge < -0.3 is 10.1 Å². The number of hydrogen-bond acceptors (Lipinski definition) is 2. The Morgan fingerprint density at radius 1 is 1.36 bits per heavy atom. The monoisotopic (exact) mass is 155 g/mol.